The largest absolute Gasteiger partial charge is 0.495 e. The van der Waals surface area contributed by atoms with E-state index in [1.54, 1.807) is 6.07 Å². The number of piperidine rings is 1. The number of methoxy groups -OCH3 is 2. The minimum absolute atomic E-state index is 0.0675. The summed E-state index contributed by atoms with van der Waals surface area (Å²) in [5.41, 5.74) is 0.143. The molecule has 1 N–H and O–H groups in total. The highest BCUT2D eigenvalue weighted by Crippen LogP contribution is 2.41. The zero-order valence-corrected chi connectivity index (χ0v) is 17.4. The smallest absolute Gasteiger partial charge is 0.287 e. The van der Waals surface area contributed by atoms with Crippen LogP contribution in [-0.4, -0.2) is 51.7 Å². The fraction of sp³-hybridized carbons (Fsp3) is 0.455. The lowest BCUT2D eigenvalue weighted by Gasteiger charge is -2.28. The molecule has 8 heteroatoms. The van der Waals surface area contributed by atoms with Crippen LogP contribution in [0.25, 0.3) is 21.9 Å². The Bertz CT molecular complexity index is 1120. The van der Waals surface area contributed by atoms with Gasteiger partial charge >= 0.3 is 0 Å². The fourth-order valence-corrected chi connectivity index (χ4v) is 4.11. The maximum Gasteiger partial charge on any atom is 0.287 e. The summed E-state index contributed by atoms with van der Waals surface area (Å²) in [5, 5.41) is 3.68. The molecule has 1 amide bonds. The summed E-state index contributed by atoms with van der Waals surface area (Å²) in [5.74, 6) is 0.688. The van der Waals surface area contributed by atoms with Crippen molar-refractivity contribution in [2.45, 2.75) is 19.3 Å². The molecule has 1 saturated heterocycles. The number of amides is 1. The van der Waals surface area contributed by atoms with Gasteiger partial charge in [-0.25, -0.2) is 0 Å². The van der Waals surface area contributed by atoms with Crippen molar-refractivity contribution in [2.24, 2.45) is 5.92 Å². The van der Waals surface area contributed by atoms with Crippen LogP contribution in [0.5, 0.6) is 11.5 Å². The fourth-order valence-electron chi connectivity index (χ4n) is 4.11. The van der Waals surface area contributed by atoms with Gasteiger partial charge in [0.25, 0.3) is 5.91 Å². The van der Waals surface area contributed by atoms with Gasteiger partial charge in [0, 0.05) is 12.6 Å². The highest BCUT2D eigenvalue weighted by atomic mass is 16.5. The van der Waals surface area contributed by atoms with Crippen molar-refractivity contribution in [3.8, 4) is 11.5 Å². The maximum absolute atomic E-state index is 12.9. The first-order valence-corrected chi connectivity index (χ1v) is 10.1. The average Bonchev–Trinajstić information content (AvgIpc) is 3.22. The van der Waals surface area contributed by atoms with E-state index in [0.717, 1.165) is 32.4 Å². The number of furan rings is 1. The number of hydrogen-bond acceptors (Lipinski definition) is 7. The molecule has 2 aromatic heterocycles. The second-order valence-electron chi connectivity index (χ2n) is 7.70. The third kappa shape index (κ3) is 3.63. The number of ether oxygens (including phenoxy) is 2. The summed E-state index contributed by atoms with van der Waals surface area (Å²) in [6, 6.07) is 2.89. The Hall–Kier alpha value is -3.00. The number of rotatable bonds is 6. The van der Waals surface area contributed by atoms with Crippen molar-refractivity contribution in [3.63, 3.8) is 0 Å². The average molecular weight is 414 g/mol. The highest BCUT2D eigenvalue weighted by molar-refractivity contribution is 6.07. The van der Waals surface area contributed by atoms with Crippen molar-refractivity contribution < 1.29 is 23.1 Å². The molecule has 30 heavy (non-hydrogen) atoms. The van der Waals surface area contributed by atoms with E-state index in [4.69, 9.17) is 18.3 Å². The first-order valence-electron chi connectivity index (χ1n) is 10.1. The van der Waals surface area contributed by atoms with Crippen LogP contribution >= 0.6 is 0 Å². The molecule has 4 rings (SSSR count). The van der Waals surface area contributed by atoms with Crippen LogP contribution in [0.2, 0.25) is 0 Å². The topological polar surface area (TPSA) is 94.2 Å². The molecule has 0 aliphatic carbocycles. The molecule has 1 fully saturated rings. The molecular weight excluding hydrogens is 388 g/mol. The minimum atomic E-state index is -0.428. The normalized spacial score (nSPS) is 15.6. The number of benzene rings is 1. The predicted molar refractivity (Wildman–Crippen MR) is 113 cm³/mol. The van der Waals surface area contributed by atoms with E-state index in [-0.39, 0.29) is 27.9 Å². The van der Waals surface area contributed by atoms with Crippen LogP contribution < -0.4 is 20.2 Å². The zero-order valence-electron chi connectivity index (χ0n) is 17.4. The van der Waals surface area contributed by atoms with Gasteiger partial charge < -0.3 is 28.5 Å². The third-order valence-electron chi connectivity index (χ3n) is 5.81. The first-order chi connectivity index (χ1) is 14.5. The number of fused-ring (bicyclic) bond motifs is 2. The molecule has 160 valence electrons. The summed E-state index contributed by atoms with van der Waals surface area (Å²) in [6.45, 7) is 2.70. The number of likely N-dealkylation sites (tertiary alicyclic amines) is 1. The van der Waals surface area contributed by atoms with Crippen molar-refractivity contribution in [3.05, 3.63) is 34.4 Å². The summed E-state index contributed by atoms with van der Waals surface area (Å²) in [6.07, 6.45) is 4.65. The molecule has 8 nitrogen and oxygen atoms in total. The van der Waals surface area contributed by atoms with Crippen molar-refractivity contribution >= 4 is 27.8 Å². The van der Waals surface area contributed by atoms with Gasteiger partial charge in [-0.2, -0.15) is 0 Å². The van der Waals surface area contributed by atoms with E-state index >= 15 is 0 Å². The molecule has 0 atom stereocenters. The van der Waals surface area contributed by atoms with Crippen LogP contribution in [-0.2, 0) is 0 Å². The molecular formula is C22H26N2O6. The SMILES string of the molecule is COc1c2occc2c(OC)c2c(=O)cc(C(=O)NCCC3CCN(C)CC3)oc12. The van der Waals surface area contributed by atoms with Crippen LogP contribution in [0.15, 0.2) is 32.0 Å². The maximum atomic E-state index is 12.9. The van der Waals surface area contributed by atoms with Gasteiger partial charge in [0.1, 0.15) is 11.1 Å². The lowest BCUT2D eigenvalue weighted by molar-refractivity contribution is 0.0921. The summed E-state index contributed by atoms with van der Waals surface area (Å²) < 4.78 is 22.2. The molecule has 0 radical (unpaired) electrons. The number of nitrogens with zero attached hydrogens (tertiary/aromatic N) is 1. The highest BCUT2D eigenvalue weighted by Gasteiger charge is 2.24. The number of hydrogen-bond donors (Lipinski definition) is 1. The molecule has 3 heterocycles. The quantitative estimate of drug-likeness (QED) is 0.663. The summed E-state index contributed by atoms with van der Waals surface area (Å²) in [7, 11) is 5.05. The molecule has 1 aliphatic heterocycles. The molecule has 0 bridgehead atoms. The molecule has 0 spiro atoms. The Labute approximate surface area is 173 Å². The Morgan fingerprint density at radius 2 is 1.93 bits per heavy atom. The van der Waals surface area contributed by atoms with E-state index in [2.05, 4.69) is 17.3 Å². The Morgan fingerprint density at radius 1 is 1.20 bits per heavy atom. The first kappa shape index (κ1) is 20.3. The van der Waals surface area contributed by atoms with Crippen molar-refractivity contribution in [1.82, 2.24) is 10.2 Å². The van der Waals surface area contributed by atoms with Crippen LogP contribution in [0, 0.1) is 5.92 Å². The number of nitrogens with one attached hydrogen (secondary N) is 1. The van der Waals surface area contributed by atoms with Gasteiger partial charge in [-0.1, -0.05) is 0 Å². The van der Waals surface area contributed by atoms with E-state index < -0.39 is 5.91 Å². The van der Waals surface area contributed by atoms with Gasteiger partial charge in [-0.05, 0) is 51.4 Å². The second kappa shape index (κ2) is 8.39. The summed E-state index contributed by atoms with van der Waals surface area (Å²) in [4.78, 5) is 27.8. The van der Waals surface area contributed by atoms with Crippen molar-refractivity contribution in [2.75, 3.05) is 40.9 Å². The van der Waals surface area contributed by atoms with Gasteiger partial charge in [0.15, 0.2) is 22.4 Å². The van der Waals surface area contributed by atoms with Gasteiger partial charge in [-0.15, -0.1) is 0 Å². The lowest BCUT2D eigenvalue weighted by Crippen LogP contribution is -2.32. The molecule has 0 unspecified atom stereocenters. The van der Waals surface area contributed by atoms with Gasteiger partial charge in [0.05, 0.1) is 25.9 Å². The molecule has 1 aromatic carbocycles. The minimum Gasteiger partial charge on any atom is -0.495 e. The van der Waals surface area contributed by atoms with E-state index in [1.165, 1.54) is 26.5 Å². The van der Waals surface area contributed by atoms with Crippen LogP contribution in [0.3, 0.4) is 0 Å². The second-order valence-corrected chi connectivity index (χ2v) is 7.70. The summed E-state index contributed by atoms with van der Waals surface area (Å²) >= 11 is 0. The Morgan fingerprint density at radius 3 is 2.63 bits per heavy atom. The van der Waals surface area contributed by atoms with Crippen molar-refractivity contribution in [1.29, 1.82) is 0 Å². The predicted octanol–water partition coefficient (Wildman–Crippen LogP) is 3.02. The van der Waals surface area contributed by atoms with Gasteiger partial charge in [0.2, 0.25) is 5.75 Å². The van der Waals surface area contributed by atoms with E-state index in [9.17, 15) is 9.59 Å². The van der Waals surface area contributed by atoms with E-state index in [0.29, 0.717) is 29.2 Å². The Kier molecular flexibility index (Phi) is 5.67. The third-order valence-corrected chi connectivity index (χ3v) is 5.81. The molecule has 3 aromatic rings. The monoisotopic (exact) mass is 414 g/mol. The number of carbonyl (C=O) groups excluding carboxylic acids is 1. The van der Waals surface area contributed by atoms with Crippen LogP contribution in [0.4, 0.5) is 0 Å². The number of carbonyl (C=O) groups is 1. The Balaban J connectivity index is 1.61. The lowest BCUT2D eigenvalue weighted by atomic mass is 9.94. The zero-order chi connectivity index (χ0) is 21.3. The van der Waals surface area contributed by atoms with E-state index in [1.807, 2.05) is 0 Å². The van der Waals surface area contributed by atoms with Crippen LogP contribution in [0.1, 0.15) is 29.8 Å². The molecule has 0 saturated carbocycles. The van der Waals surface area contributed by atoms with Gasteiger partial charge in [-0.3, -0.25) is 9.59 Å². The standard InChI is InChI=1S/C22H26N2O6/c1-24-9-5-13(6-10-24)4-8-23-22(26)16-12-15(25)17-18(27-2)14-7-11-29-19(14)21(28-3)20(17)30-16/h7,11-13H,4-6,8-10H2,1-3H3,(H,23,26). The molecule has 1 aliphatic rings.